The molecule has 0 aliphatic carbocycles. The van der Waals surface area contributed by atoms with Crippen LogP contribution < -0.4 is 4.74 Å². The molecule has 0 spiro atoms. The molecule has 0 aliphatic rings. The van der Waals surface area contributed by atoms with Crippen LogP contribution >= 0.6 is 0 Å². The SMILES string of the molecule is CCC(C)(C)Oc1c(-c2ccccc2)cc(C(C)(CC)CC)cc1-c1ccc(-c2cc(-n3c4ccccc4c4ccccc43)cc(-n3c4ccccc4c4ncccc43)c2)cc1. The Morgan fingerprint density at radius 3 is 1.52 bits per heavy atom. The molecule has 0 N–H and O–H groups in total. The Labute approximate surface area is 365 Å². The Kier molecular flexibility index (Phi) is 9.83. The Morgan fingerprint density at radius 1 is 0.452 bits per heavy atom. The predicted molar refractivity (Wildman–Crippen MR) is 262 cm³/mol. The third-order valence-corrected chi connectivity index (χ3v) is 13.6. The number of aromatic nitrogens is 3. The van der Waals surface area contributed by atoms with Gasteiger partial charge in [0.1, 0.15) is 11.4 Å². The Bertz CT molecular complexity index is 3020. The minimum absolute atomic E-state index is 0.0169. The van der Waals surface area contributed by atoms with Gasteiger partial charge in [-0.25, -0.2) is 0 Å². The molecule has 62 heavy (non-hydrogen) atoms. The maximum atomic E-state index is 7.12. The number of rotatable bonds is 11. The molecule has 7 aromatic carbocycles. The minimum atomic E-state index is -0.357. The normalized spacial score (nSPS) is 12.2. The van der Waals surface area contributed by atoms with Crippen LogP contribution in [0.3, 0.4) is 0 Å². The summed E-state index contributed by atoms with van der Waals surface area (Å²) in [4.78, 5) is 4.88. The first-order valence-corrected chi connectivity index (χ1v) is 22.2. The van der Waals surface area contributed by atoms with Crippen molar-refractivity contribution in [3.05, 3.63) is 182 Å². The first-order chi connectivity index (χ1) is 30.2. The molecular formula is C58H53N3O. The molecule has 0 radical (unpaired) electrons. The van der Waals surface area contributed by atoms with Crippen LogP contribution in [0.1, 0.15) is 66.4 Å². The quantitative estimate of drug-likeness (QED) is 0.130. The number of fused-ring (bicyclic) bond motifs is 6. The highest BCUT2D eigenvalue weighted by molar-refractivity contribution is 6.10. The number of ether oxygens (including phenoxy) is 1. The highest BCUT2D eigenvalue weighted by Gasteiger charge is 2.29. The summed E-state index contributed by atoms with van der Waals surface area (Å²) in [5, 5.41) is 3.62. The van der Waals surface area contributed by atoms with Crippen molar-refractivity contribution in [3.8, 4) is 50.5 Å². The molecule has 0 bridgehead atoms. The van der Waals surface area contributed by atoms with Crippen molar-refractivity contribution in [2.45, 2.75) is 71.8 Å². The predicted octanol–water partition coefficient (Wildman–Crippen LogP) is 15.9. The van der Waals surface area contributed by atoms with Crippen LogP contribution in [0, 0.1) is 0 Å². The van der Waals surface area contributed by atoms with Crippen LogP contribution in [0.25, 0.3) is 88.5 Å². The van der Waals surface area contributed by atoms with E-state index in [4.69, 9.17) is 9.72 Å². The lowest BCUT2D eigenvalue weighted by molar-refractivity contribution is 0.107. The number of para-hydroxylation sites is 3. The van der Waals surface area contributed by atoms with Gasteiger partial charge in [0.2, 0.25) is 0 Å². The molecule has 3 aromatic heterocycles. The van der Waals surface area contributed by atoms with Crippen molar-refractivity contribution in [2.24, 2.45) is 0 Å². The van der Waals surface area contributed by atoms with E-state index >= 15 is 0 Å². The van der Waals surface area contributed by atoms with Gasteiger partial charge < -0.3 is 13.9 Å². The first-order valence-electron chi connectivity index (χ1n) is 22.2. The summed E-state index contributed by atoms with van der Waals surface area (Å²) in [5.74, 6) is 0.935. The van der Waals surface area contributed by atoms with Gasteiger partial charge in [-0.15, -0.1) is 0 Å². The van der Waals surface area contributed by atoms with Crippen LogP contribution in [0.4, 0.5) is 0 Å². The van der Waals surface area contributed by atoms with Gasteiger partial charge >= 0.3 is 0 Å². The zero-order valence-electron chi connectivity index (χ0n) is 36.6. The van der Waals surface area contributed by atoms with E-state index in [1.165, 1.54) is 32.9 Å². The fraction of sp³-hybridized carbons (Fsp3) is 0.190. The number of hydrogen-bond donors (Lipinski definition) is 0. The maximum Gasteiger partial charge on any atom is 0.135 e. The van der Waals surface area contributed by atoms with E-state index in [1.807, 2.05) is 12.3 Å². The van der Waals surface area contributed by atoms with E-state index in [2.05, 4.69) is 214 Å². The van der Waals surface area contributed by atoms with Gasteiger partial charge in [-0.1, -0.05) is 137 Å². The second-order valence-electron chi connectivity index (χ2n) is 17.7. The van der Waals surface area contributed by atoms with Crippen LogP contribution in [-0.4, -0.2) is 19.7 Å². The monoisotopic (exact) mass is 807 g/mol. The number of benzene rings is 7. The molecular weight excluding hydrogens is 755 g/mol. The lowest BCUT2D eigenvalue weighted by Crippen LogP contribution is -2.28. The summed E-state index contributed by atoms with van der Waals surface area (Å²) in [5.41, 5.74) is 15.6. The lowest BCUT2D eigenvalue weighted by Gasteiger charge is -2.32. The lowest BCUT2D eigenvalue weighted by atomic mass is 9.75. The molecule has 0 fully saturated rings. The molecule has 0 saturated carbocycles. The van der Waals surface area contributed by atoms with Gasteiger partial charge in [0.25, 0.3) is 0 Å². The largest absolute Gasteiger partial charge is 0.487 e. The molecule has 3 heterocycles. The summed E-state index contributed by atoms with van der Waals surface area (Å²) in [6.45, 7) is 13.6. The van der Waals surface area contributed by atoms with Gasteiger partial charge in [-0.05, 0) is 127 Å². The van der Waals surface area contributed by atoms with E-state index < -0.39 is 0 Å². The standard InChI is InChI=1S/C58H53N3O/c1-7-57(4,5)62-56-49(40-20-11-10-12-21-40)36-43(58(6,8-2)9-3)37-50(56)41-31-29-39(30-32-41)42-34-44(60-51-25-16-13-22-46(51)47-23-14-17-26-52(47)60)38-45(35-42)61-53-27-18-15-24-48(53)55-54(61)28-19-33-59-55/h10-38H,7-9H2,1-6H3. The Balaban J connectivity index is 1.20. The average molecular weight is 808 g/mol. The Morgan fingerprint density at radius 2 is 0.935 bits per heavy atom. The van der Waals surface area contributed by atoms with E-state index in [0.29, 0.717) is 0 Å². The van der Waals surface area contributed by atoms with Crippen molar-refractivity contribution >= 4 is 43.7 Å². The summed E-state index contributed by atoms with van der Waals surface area (Å²) in [6.07, 6.45) is 4.87. The van der Waals surface area contributed by atoms with E-state index in [0.717, 1.165) is 86.1 Å². The molecule has 4 nitrogen and oxygen atoms in total. The number of hydrogen-bond acceptors (Lipinski definition) is 2. The fourth-order valence-electron chi connectivity index (χ4n) is 9.27. The molecule has 0 amide bonds. The van der Waals surface area contributed by atoms with Crippen molar-refractivity contribution in [3.63, 3.8) is 0 Å². The molecule has 4 heteroatoms. The zero-order valence-corrected chi connectivity index (χ0v) is 36.6. The molecule has 0 aliphatic heterocycles. The second kappa shape index (κ2) is 15.5. The summed E-state index contributed by atoms with van der Waals surface area (Å²) in [6, 6.07) is 62.1. The third kappa shape index (κ3) is 6.66. The van der Waals surface area contributed by atoms with Crippen LogP contribution in [0.15, 0.2) is 176 Å². The Hall–Kier alpha value is -6.91. The van der Waals surface area contributed by atoms with Gasteiger partial charge in [-0.3, -0.25) is 4.98 Å². The van der Waals surface area contributed by atoms with Crippen LogP contribution in [0.2, 0.25) is 0 Å². The minimum Gasteiger partial charge on any atom is -0.487 e. The molecule has 0 unspecified atom stereocenters. The molecule has 0 saturated heterocycles. The summed E-state index contributed by atoms with van der Waals surface area (Å²) in [7, 11) is 0. The topological polar surface area (TPSA) is 32.0 Å². The van der Waals surface area contributed by atoms with Crippen molar-refractivity contribution < 1.29 is 4.74 Å². The van der Waals surface area contributed by atoms with Gasteiger partial charge in [0.15, 0.2) is 0 Å². The number of nitrogens with zero attached hydrogens (tertiary/aromatic N) is 3. The van der Waals surface area contributed by atoms with Gasteiger partial charge in [0, 0.05) is 44.9 Å². The van der Waals surface area contributed by atoms with E-state index in [9.17, 15) is 0 Å². The van der Waals surface area contributed by atoms with Crippen molar-refractivity contribution in [1.29, 1.82) is 0 Å². The van der Waals surface area contributed by atoms with Crippen molar-refractivity contribution in [1.82, 2.24) is 14.1 Å². The smallest absolute Gasteiger partial charge is 0.135 e. The fourth-order valence-corrected chi connectivity index (χ4v) is 9.27. The average Bonchev–Trinajstić information content (AvgIpc) is 3.84. The van der Waals surface area contributed by atoms with E-state index in [-0.39, 0.29) is 11.0 Å². The third-order valence-electron chi connectivity index (χ3n) is 13.6. The molecule has 10 aromatic rings. The molecule has 306 valence electrons. The van der Waals surface area contributed by atoms with Gasteiger partial charge in [-0.2, -0.15) is 0 Å². The second-order valence-corrected chi connectivity index (χ2v) is 17.7. The molecule has 10 rings (SSSR count). The highest BCUT2D eigenvalue weighted by Crippen LogP contribution is 2.46. The van der Waals surface area contributed by atoms with Crippen molar-refractivity contribution in [2.75, 3.05) is 0 Å². The highest BCUT2D eigenvalue weighted by atomic mass is 16.5. The number of pyridine rings is 1. The maximum absolute atomic E-state index is 7.12. The zero-order chi connectivity index (χ0) is 42.6. The first kappa shape index (κ1) is 39.2. The van der Waals surface area contributed by atoms with Crippen LogP contribution in [0.5, 0.6) is 5.75 Å². The molecule has 0 atom stereocenters. The van der Waals surface area contributed by atoms with Crippen LogP contribution in [-0.2, 0) is 5.41 Å². The van der Waals surface area contributed by atoms with E-state index in [1.54, 1.807) is 0 Å². The van der Waals surface area contributed by atoms with Gasteiger partial charge in [0.05, 0.1) is 27.6 Å². The summed E-state index contributed by atoms with van der Waals surface area (Å²) >= 11 is 0. The summed E-state index contributed by atoms with van der Waals surface area (Å²) < 4.78 is 11.9.